The Balaban J connectivity index is 2.27. The summed E-state index contributed by atoms with van der Waals surface area (Å²) in [6.07, 6.45) is 3.40. The summed E-state index contributed by atoms with van der Waals surface area (Å²) >= 11 is 5.93. The normalized spacial score (nSPS) is 10.1. The van der Waals surface area contributed by atoms with Crippen molar-refractivity contribution in [1.29, 1.82) is 0 Å². The molecule has 1 N–H and O–H groups in total. The minimum atomic E-state index is 0.656. The number of ether oxygens (including phenoxy) is 1. The summed E-state index contributed by atoms with van der Waals surface area (Å²) < 4.78 is 5.75. The molecule has 0 aliphatic heterocycles. The zero-order valence-corrected chi connectivity index (χ0v) is 10.5. The van der Waals surface area contributed by atoms with E-state index in [-0.39, 0.29) is 0 Å². The van der Waals surface area contributed by atoms with Crippen molar-refractivity contribution in [3.8, 4) is 11.5 Å². The highest BCUT2D eigenvalue weighted by Crippen LogP contribution is 2.28. The monoisotopic (exact) mass is 248 g/mol. The zero-order chi connectivity index (χ0) is 12.3. The molecule has 3 nitrogen and oxygen atoms in total. The lowest BCUT2D eigenvalue weighted by atomic mass is 10.2. The fraction of sp³-hybridized carbons (Fsp3) is 0.154. The van der Waals surface area contributed by atoms with E-state index in [0.717, 1.165) is 17.0 Å². The van der Waals surface area contributed by atoms with E-state index in [4.69, 9.17) is 16.3 Å². The van der Waals surface area contributed by atoms with Crippen molar-refractivity contribution in [2.24, 2.45) is 0 Å². The van der Waals surface area contributed by atoms with E-state index in [1.165, 1.54) is 0 Å². The molecule has 0 bridgehead atoms. The first-order chi connectivity index (χ1) is 8.19. The zero-order valence-electron chi connectivity index (χ0n) is 9.70. The molecule has 0 aliphatic carbocycles. The summed E-state index contributed by atoms with van der Waals surface area (Å²) in [6, 6.07) is 7.44. The highest BCUT2D eigenvalue weighted by Gasteiger charge is 2.03. The fourth-order valence-corrected chi connectivity index (χ4v) is 1.58. The molecule has 2 aromatic rings. The van der Waals surface area contributed by atoms with Gasteiger partial charge in [0.1, 0.15) is 11.5 Å². The van der Waals surface area contributed by atoms with Crippen LogP contribution in [0.25, 0.3) is 0 Å². The molecule has 0 amide bonds. The highest BCUT2D eigenvalue weighted by molar-refractivity contribution is 6.30. The molecule has 0 radical (unpaired) electrons. The van der Waals surface area contributed by atoms with Gasteiger partial charge in [-0.25, -0.2) is 0 Å². The molecule has 2 rings (SSSR count). The van der Waals surface area contributed by atoms with Crippen molar-refractivity contribution in [2.45, 2.75) is 6.92 Å². The predicted octanol–water partition coefficient (Wildman–Crippen LogP) is 3.88. The third kappa shape index (κ3) is 2.88. The Hall–Kier alpha value is -1.74. The quantitative estimate of drug-likeness (QED) is 0.895. The minimum absolute atomic E-state index is 0.656. The first-order valence-corrected chi connectivity index (χ1v) is 5.63. The van der Waals surface area contributed by atoms with Crippen LogP contribution in [0.1, 0.15) is 5.56 Å². The molecule has 0 saturated heterocycles. The van der Waals surface area contributed by atoms with Gasteiger partial charge in [-0.05, 0) is 24.6 Å². The van der Waals surface area contributed by atoms with Crippen molar-refractivity contribution in [1.82, 2.24) is 4.98 Å². The molecular formula is C13H13ClN2O. The van der Waals surface area contributed by atoms with Gasteiger partial charge in [0.15, 0.2) is 0 Å². The van der Waals surface area contributed by atoms with Crippen LogP contribution in [-0.2, 0) is 0 Å². The fourth-order valence-electron chi connectivity index (χ4n) is 1.42. The van der Waals surface area contributed by atoms with E-state index in [0.29, 0.717) is 10.8 Å². The van der Waals surface area contributed by atoms with Crippen LogP contribution in [0.2, 0.25) is 5.02 Å². The van der Waals surface area contributed by atoms with Crippen LogP contribution in [0, 0.1) is 6.92 Å². The van der Waals surface area contributed by atoms with E-state index < -0.39 is 0 Å². The highest BCUT2D eigenvalue weighted by atomic mass is 35.5. The number of hydrogen-bond donors (Lipinski definition) is 1. The Bertz CT molecular complexity index is 529. The van der Waals surface area contributed by atoms with Gasteiger partial charge in [0.05, 0.1) is 18.1 Å². The van der Waals surface area contributed by atoms with E-state index in [9.17, 15) is 0 Å². The van der Waals surface area contributed by atoms with Crippen molar-refractivity contribution in [3.63, 3.8) is 0 Å². The molecule has 1 heterocycles. The Labute approximate surface area is 105 Å². The van der Waals surface area contributed by atoms with Gasteiger partial charge in [0.25, 0.3) is 0 Å². The summed E-state index contributed by atoms with van der Waals surface area (Å²) in [6.45, 7) is 1.97. The standard InChI is InChI=1S/C13H13ClN2O/c1-9-3-4-10(14)5-13(9)17-12-6-11(15-2)7-16-8-12/h3-8,15H,1-2H3. The van der Waals surface area contributed by atoms with Crippen LogP contribution >= 0.6 is 11.6 Å². The van der Waals surface area contributed by atoms with Gasteiger partial charge in [0.2, 0.25) is 0 Å². The SMILES string of the molecule is CNc1cncc(Oc2cc(Cl)ccc2C)c1. The number of pyridine rings is 1. The van der Waals surface area contributed by atoms with Crippen LogP contribution in [0.3, 0.4) is 0 Å². The lowest BCUT2D eigenvalue weighted by Crippen LogP contribution is -1.92. The average molecular weight is 249 g/mol. The van der Waals surface area contributed by atoms with Gasteiger partial charge in [-0.15, -0.1) is 0 Å². The van der Waals surface area contributed by atoms with Crippen molar-refractivity contribution in [3.05, 3.63) is 47.2 Å². The molecule has 1 aromatic heterocycles. The number of anilines is 1. The smallest absolute Gasteiger partial charge is 0.147 e. The van der Waals surface area contributed by atoms with Crippen LogP contribution in [0.5, 0.6) is 11.5 Å². The maximum absolute atomic E-state index is 5.93. The number of benzene rings is 1. The Morgan fingerprint density at radius 3 is 2.82 bits per heavy atom. The number of nitrogens with one attached hydrogen (secondary N) is 1. The summed E-state index contributed by atoms with van der Waals surface area (Å²) in [7, 11) is 1.84. The lowest BCUT2D eigenvalue weighted by molar-refractivity contribution is 0.477. The molecule has 0 aliphatic rings. The largest absolute Gasteiger partial charge is 0.455 e. The lowest BCUT2D eigenvalue weighted by Gasteiger charge is -2.09. The second-order valence-electron chi connectivity index (χ2n) is 3.67. The molecular weight excluding hydrogens is 236 g/mol. The number of aromatic nitrogens is 1. The van der Waals surface area contributed by atoms with Crippen LogP contribution in [0.15, 0.2) is 36.7 Å². The second-order valence-corrected chi connectivity index (χ2v) is 4.11. The molecule has 17 heavy (non-hydrogen) atoms. The van der Waals surface area contributed by atoms with Gasteiger partial charge in [-0.3, -0.25) is 4.98 Å². The van der Waals surface area contributed by atoms with Crippen molar-refractivity contribution < 1.29 is 4.74 Å². The van der Waals surface area contributed by atoms with Gasteiger partial charge >= 0.3 is 0 Å². The van der Waals surface area contributed by atoms with E-state index in [2.05, 4.69) is 10.3 Å². The third-order valence-electron chi connectivity index (χ3n) is 2.38. The molecule has 0 spiro atoms. The molecule has 88 valence electrons. The topological polar surface area (TPSA) is 34.2 Å². The Morgan fingerprint density at radius 1 is 1.24 bits per heavy atom. The summed E-state index contributed by atoms with van der Waals surface area (Å²) in [5.74, 6) is 1.43. The minimum Gasteiger partial charge on any atom is -0.455 e. The molecule has 0 fully saturated rings. The van der Waals surface area contributed by atoms with Crippen LogP contribution in [-0.4, -0.2) is 12.0 Å². The number of hydrogen-bond acceptors (Lipinski definition) is 3. The molecule has 1 aromatic carbocycles. The summed E-state index contributed by atoms with van der Waals surface area (Å²) in [4.78, 5) is 4.08. The molecule has 0 unspecified atom stereocenters. The summed E-state index contributed by atoms with van der Waals surface area (Å²) in [5, 5.41) is 3.67. The summed E-state index contributed by atoms with van der Waals surface area (Å²) in [5.41, 5.74) is 1.94. The van der Waals surface area contributed by atoms with Gasteiger partial charge < -0.3 is 10.1 Å². The van der Waals surface area contributed by atoms with Gasteiger partial charge in [-0.1, -0.05) is 17.7 Å². The van der Waals surface area contributed by atoms with E-state index >= 15 is 0 Å². The Kier molecular flexibility index (Phi) is 3.49. The Morgan fingerprint density at radius 2 is 2.06 bits per heavy atom. The van der Waals surface area contributed by atoms with Gasteiger partial charge in [0, 0.05) is 18.1 Å². The van der Waals surface area contributed by atoms with E-state index in [1.807, 2.05) is 32.2 Å². The molecule has 0 saturated carbocycles. The number of nitrogens with zero attached hydrogens (tertiary/aromatic N) is 1. The number of halogens is 1. The predicted molar refractivity (Wildman–Crippen MR) is 70.0 cm³/mol. The average Bonchev–Trinajstić information content (AvgIpc) is 2.34. The molecule has 4 heteroatoms. The number of rotatable bonds is 3. The molecule has 0 atom stereocenters. The number of aryl methyl sites for hydroxylation is 1. The van der Waals surface area contributed by atoms with Crippen molar-refractivity contribution >= 4 is 17.3 Å². The maximum atomic E-state index is 5.93. The van der Waals surface area contributed by atoms with Crippen molar-refractivity contribution in [2.75, 3.05) is 12.4 Å². The van der Waals surface area contributed by atoms with Gasteiger partial charge in [-0.2, -0.15) is 0 Å². The first-order valence-electron chi connectivity index (χ1n) is 5.26. The van der Waals surface area contributed by atoms with Crippen LogP contribution < -0.4 is 10.1 Å². The first kappa shape index (κ1) is 11.7. The maximum Gasteiger partial charge on any atom is 0.147 e. The second kappa shape index (κ2) is 5.06. The third-order valence-corrected chi connectivity index (χ3v) is 2.61. The van der Waals surface area contributed by atoms with Crippen LogP contribution in [0.4, 0.5) is 5.69 Å². The van der Waals surface area contributed by atoms with E-state index in [1.54, 1.807) is 18.5 Å².